The zero-order chi connectivity index (χ0) is 16.1. The van der Waals surface area contributed by atoms with Crippen molar-refractivity contribution in [2.24, 2.45) is 5.92 Å². The van der Waals surface area contributed by atoms with Gasteiger partial charge in [-0.05, 0) is 48.7 Å². The number of hydrogen-bond donors (Lipinski definition) is 1. The predicted octanol–water partition coefficient (Wildman–Crippen LogP) is 4.00. The van der Waals surface area contributed by atoms with Crippen LogP contribution in [0, 0.1) is 5.92 Å². The van der Waals surface area contributed by atoms with Crippen molar-refractivity contribution in [3.63, 3.8) is 0 Å². The molecule has 1 atom stereocenters. The Hall–Kier alpha value is -1.78. The van der Waals surface area contributed by atoms with Crippen LogP contribution >= 0.6 is 11.8 Å². The Morgan fingerprint density at radius 2 is 2.00 bits per heavy atom. The first-order chi connectivity index (χ1) is 11.2. The van der Waals surface area contributed by atoms with Crippen LogP contribution in [0.2, 0.25) is 0 Å². The Balaban J connectivity index is 1.50. The van der Waals surface area contributed by atoms with Gasteiger partial charge in [0.15, 0.2) is 0 Å². The Morgan fingerprint density at radius 3 is 2.78 bits per heavy atom. The molecule has 0 aromatic heterocycles. The standard InChI is InChI=1S/C19H21NO2S/c21-19(22)17-6-4-5-15(11-17)12-20-10-9-16(13-20)14-23-18-7-2-1-3-8-18/h1-8,11,16H,9-10,12-14H2,(H,21,22). The fourth-order valence-electron chi connectivity index (χ4n) is 2.98. The van der Waals surface area contributed by atoms with Crippen molar-refractivity contribution < 1.29 is 9.90 Å². The SMILES string of the molecule is O=C(O)c1cccc(CN2CCC(CSc3ccccc3)C2)c1. The number of carboxylic acid groups (broad SMARTS) is 1. The van der Waals surface area contributed by atoms with Crippen molar-refractivity contribution in [3.05, 3.63) is 65.7 Å². The summed E-state index contributed by atoms with van der Waals surface area (Å²) in [6, 6.07) is 17.8. The maximum atomic E-state index is 11.0. The molecule has 0 spiro atoms. The summed E-state index contributed by atoms with van der Waals surface area (Å²) in [6.45, 7) is 3.03. The predicted molar refractivity (Wildman–Crippen MR) is 94.0 cm³/mol. The van der Waals surface area contributed by atoms with Crippen LogP contribution in [0.4, 0.5) is 0 Å². The largest absolute Gasteiger partial charge is 0.478 e. The van der Waals surface area contributed by atoms with Crippen LogP contribution in [0.25, 0.3) is 0 Å². The van der Waals surface area contributed by atoms with Gasteiger partial charge in [-0.15, -0.1) is 11.8 Å². The van der Waals surface area contributed by atoms with E-state index in [-0.39, 0.29) is 0 Å². The molecular weight excluding hydrogens is 306 g/mol. The highest BCUT2D eigenvalue weighted by molar-refractivity contribution is 7.99. The second-order valence-electron chi connectivity index (χ2n) is 6.02. The van der Waals surface area contributed by atoms with E-state index in [0.29, 0.717) is 11.5 Å². The van der Waals surface area contributed by atoms with Crippen LogP contribution in [0.15, 0.2) is 59.5 Å². The highest BCUT2D eigenvalue weighted by Crippen LogP contribution is 2.26. The maximum Gasteiger partial charge on any atom is 0.335 e. The van der Waals surface area contributed by atoms with E-state index in [1.165, 1.54) is 11.3 Å². The van der Waals surface area contributed by atoms with Gasteiger partial charge < -0.3 is 5.11 Å². The summed E-state index contributed by atoms with van der Waals surface area (Å²) in [5.74, 6) is 1.00. The number of carboxylic acids is 1. The number of aromatic carboxylic acids is 1. The summed E-state index contributed by atoms with van der Waals surface area (Å²) in [5, 5.41) is 9.07. The lowest BCUT2D eigenvalue weighted by Gasteiger charge is -2.16. The summed E-state index contributed by atoms with van der Waals surface area (Å²) in [6.07, 6.45) is 1.22. The first-order valence-electron chi connectivity index (χ1n) is 7.93. The summed E-state index contributed by atoms with van der Waals surface area (Å²) in [5.41, 5.74) is 1.46. The molecule has 4 heteroatoms. The lowest BCUT2D eigenvalue weighted by atomic mass is 10.1. The number of rotatable bonds is 6. The third-order valence-corrected chi connectivity index (χ3v) is 5.42. The lowest BCUT2D eigenvalue weighted by molar-refractivity contribution is 0.0696. The molecule has 1 saturated heterocycles. The molecule has 0 amide bonds. The average Bonchev–Trinajstić information content (AvgIpc) is 3.01. The van der Waals surface area contributed by atoms with Gasteiger partial charge in [0, 0.05) is 23.7 Å². The van der Waals surface area contributed by atoms with Crippen LogP contribution in [0.5, 0.6) is 0 Å². The Bertz CT molecular complexity index is 659. The summed E-state index contributed by atoms with van der Waals surface area (Å²) >= 11 is 1.93. The number of hydrogen-bond acceptors (Lipinski definition) is 3. The molecular formula is C19H21NO2S. The first kappa shape index (κ1) is 16.1. The number of likely N-dealkylation sites (tertiary alicyclic amines) is 1. The fraction of sp³-hybridized carbons (Fsp3) is 0.316. The minimum Gasteiger partial charge on any atom is -0.478 e. The van der Waals surface area contributed by atoms with Crippen LogP contribution in [-0.4, -0.2) is 34.8 Å². The highest BCUT2D eigenvalue weighted by atomic mass is 32.2. The monoisotopic (exact) mass is 327 g/mol. The van der Waals surface area contributed by atoms with Crippen LogP contribution in [0.1, 0.15) is 22.3 Å². The van der Waals surface area contributed by atoms with Gasteiger partial charge in [0.05, 0.1) is 5.56 Å². The number of thioether (sulfide) groups is 1. The second-order valence-corrected chi connectivity index (χ2v) is 7.11. The average molecular weight is 327 g/mol. The van der Waals surface area contributed by atoms with E-state index in [4.69, 9.17) is 5.11 Å². The molecule has 1 aliphatic rings. The molecule has 3 rings (SSSR count). The van der Waals surface area contributed by atoms with Crippen molar-refractivity contribution >= 4 is 17.7 Å². The second kappa shape index (κ2) is 7.66. The molecule has 1 fully saturated rings. The third kappa shape index (κ3) is 4.60. The summed E-state index contributed by atoms with van der Waals surface area (Å²) in [4.78, 5) is 14.8. The van der Waals surface area contributed by atoms with Gasteiger partial charge >= 0.3 is 5.97 Å². The molecule has 23 heavy (non-hydrogen) atoms. The first-order valence-corrected chi connectivity index (χ1v) is 8.92. The zero-order valence-corrected chi connectivity index (χ0v) is 13.8. The van der Waals surface area contributed by atoms with Crippen molar-refractivity contribution in [2.75, 3.05) is 18.8 Å². The van der Waals surface area contributed by atoms with Crippen molar-refractivity contribution in [1.82, 2.24) is 4.90 Å². The lowest BCUT2D eigenvalue weighted by Crippen LogP contribution is -2.20. The van der Waals surface area contributed by atoms with E-state index in [9.17, 15) is 4.79 Å². The zero-order valence-electron chi connectivity index (χ0n) is 13.0. The van der Waals surface area contributed by atoms with Gasteiger partial charge in [0.25, 0.3) is 0 Å². The number of carbonyl (C=O) groups is 1. The van der Waals surface area contributed by atoms with E-state index in [1.54, 1.807) is 12.1 Å². The topological polar surface area (TPSA) is 40.5 Å². The van der Waals surface area contributed by atoms with Gasteiger partial charge in [-0.3, -0.25) is 4.90 Å². The number of nitrogens with zero attached hydrogens (tertiary/aromatic N) is 1. The normalized spacial score (nSPS) is 18.2. The molecule has 0 radical (unpaired) electrons. The maximum absolute atomic E-state index is 11.0. The number of benzene rings is 2. The van der Waals surface area contributed by atoms with Gasteiger partial charge in [0.1, 0.15) is 0 Å². The molecule has 120 valence electrons. The van der Waals surface area contributed by atoms with Crippen LogP contribution in [0.3, 0.4) is 0 Å². The van der Waals surface area contributed by atoms with E-state index in [0.717, 1.165) is 31.0 Å². The van der Waals surface area contributed by atoms with Gasteiger partial charge in [0.2, 0.25) is 0 Å². The molecule has 2 aromatic rings. The molecule has 1 aliphatic heterocycles. The third-order valence-electron chi connectivity index (χ3n) is 4.18. The molecule has 0 bridgehead atoms. The Morgan fingerprint density at radius 1 is 1.17 bits per heavy atom. The van der Waals surface area contributed by atoms with Crippen molar-refractivity contribution in [1.29, 1.82) is 0 Å². The quantitative estimate of drug-likeness (QED) is 0.814. The fourth-order valence-corrected chi connectivity index (χ4v) is 4.03. The molecule has 0 saturated carbocycles. The van der Waals surface area contributed by atoms with Gasteiger partial charge in [-0.1, -0.05) is 30.3 Å². The molecule has 1 N–H and O–H groups in total. The van der Waals surface area contributed by atoms with Crippen LogP contribution in [-0.2, 0) is 6.54 Å². The van der Waals surface area contributed by atoms with E-state index in [1.807, 2.05) is 30.0 Å². The van der Waals surface area contributed by atoms with Crippen LogP contribution < -0.4 is 0 Å². The minimum atomic E-state index is -0.856. The molecule has 1 heterocycles. The Kier molecular flexibility index (Phi) is 5.36. The van der Waals surface area contributed by atoms with Crippen molar-refractivity contribution in [2.45, 2.75) is 17.9 Å². The minimum absolute atomic E-state index is 0.373. The highest BCUT2D eigenvalue weighted by Gasteiger charge is 2.22. The van der Waals surface area contributed by atoms with Gasteiger partial charge in [-0.2, -0.15) is 0 Å². The Labute approximate surface area is 141 Å². The molecule has 3 nitrogen and oxygen atoms in total. The summed E-state index contributed by atoms with van der Waals surface area (Å²) in [7, 11) is 0. The van der Waals surface area contributed by atoms with E-state index in [2.05, 4.69) is 29.2 Å². The van der Waals surface area contributed by atoms with Crippen molar-refractivity contribution in [3.8, 4) is 0 Å². The molecule has 2 aromatic carbocycles. The van der Waals surface area contributed by atoms with Gasteiger partial charge in [-0.25, -0.2) is 4.79 Å². The van der Waals surface area contributed by atoms with E-state index >= 15 is 0 Å². The summed E-state index contributed by atoms with van der Waals surface area (Å²) < 4.78 is 0. The molecule has 1 unspecified atom stereocenters. The smallest absolute Gasteiger partial charge is 0.335 e. The van der Waals surface area contributed by atoms with E-state index < -0.39 is 5.97 Å². The molecule has 0 aliphatic carbocycles.